The van der Waals surface area contributed by atoms with E-state index >= 15 is 0 Å². The van der Waals surface area contributed by atoms with Crippen molar-refractivity contribution >= 4 is 11.9 Å². The maximum Gasteiger partial charge on any atom is 0.417 e. The first-order valence-electron chi connectivity index (χ1n) is 7.20. The van der Waals surface area contributed by atoms with Crippen LogP contribution in [-0.4, -0.2) is 25.2 Å². The molecule has 0 aliphatic heterocycles. The van der Waals surface area contributed by atoms with Crippen molar-refractivity contribution in [1.29, 1.82) is 0 Å². The topological polar surface area (TPSA) is 52.6 Å². The lowest BCUT2D eigenvalue weighted by Crippen LogP contribution is -2.21. The molecule has 0 spiro atoms. The number of carbonyl (C=O) groups excluding carboxylic acids is 2. The fourth-order valence-corrected chi connectivity index (χ4v) is 2.31. The SMILES string of the molecule is CCOC(=O)C(=O)OCCC(C)CC(C)CC(C)C. The van der Waals surface area contributed by atoms with Gasteiger partial charge in [-0.3, -0.25) is 0 Å². The van der Waals surface area contributed by atoms with Gasteiger partial charge < -0.3 is 9.47 Å². The van der Waals surface area contributed by atoms with Crippen molar-refractivity contribution in [3.05, 3.63) is 0 Å². The number of hydrogen-bond donors (Lipinski definition) is 0. The minimum absolute atomic E-state index is 0.192. The third-order valence-electron chi connectivity index (χ3n) is 2.96. The molecule has 0 saturated heterocycles. The van der Waals surface area contributed by atoms with Crippen LogP contribution < -0.4 is 0 Å². The second-order valence-electron chi connectivity index (χ2n) is 5.72. The lowest BCUT2D eigenvalue weighted by Gasteiger charge is -2.18. The van der Waals surface area contributed by atoms with Crippen molar-refractivity contribution in [3.8, 4) is 0 Å². The predicted molar refractivity (Wildman–Crippen MR) is 74.6 cm³/mol. The zero-order chi connectivity index (χ0) is 14.8. The molecular weight excluding hydrogens is 244 g/mol. The van der Waals surface area contributed by atoms with Crippen LogP contribution in [0.15, 0.2) is 0 Å². The van der Waals surface area contributed by atoms with Crippen molar-refractivity contribution in [1.82, 2.24) is 0 Å². The number of esters is 2. The number of hydrogen-bond acceptors (Lipinski definition) is 4. The molecule has 0 aliphatic rings. The molecule has 0 amide bonds. The summed E-state index contributed by atoms with van der Waals surface area (Å²) in [5.41, 5.74) is 0. The van der Waals surface area contributed by atoms with Gasteiger partial charge in [0.15, 0.2) is 0 Å². The van der Waals surface area contributed by atoms with Crippen LogP contribution in [0.3, 0.4) is 0 Å². The van der Waals surface area contributed by atoms with Gasteiger partial charge in [0.1, 0.15) is 0 Å². The van der Waals surface area contributed by atoms with Crippen LogP contribution in [0, 0.1) is 17.8 Å². The van der Waals surface area contributed by atoms with E-state index in [-0.39, 0.29) is 13.2 Å². The number of rotatable bonds is 8. The van der Waals surface area contributed by atoms with E-state index < -0.39 is 11.9 Å². The van der Waals surface area contributed by atoms with Gasteiger partial charge in [-0.15, -0.1) is 0 Å². The molecule has 0 radical (unpaired) electrons. The average molecular weight is 272 g/mol. The summed E-state index contributed by atoms with van der Waals surface area (Å²) in [6.07, 6.45) is 3.12. The van der Waals surface area contributed by atoms with Crippen molar-refractivity contribution in [2.24, 2.45) is 17.8 Å². The van der Waals surface area contributed by atoms with Crippen LogP contribution in [0.1, 0.15) is 53.9 Å². The lowest BCUT2D eigenvalue weighted by molar-refractivity contribution is -0.167. The molecule has 112 valence electrons. The number of carbonyl (C=O) groups is 2. The molecule has 0 heterocycles. The molecule has 0 aromatic rings. The quantitative estimate of drug-likeness (QED) is 0.503. The van der Waals surface area contributed by atoms with Gasteiger partial charge in [0.05, 0.1) is 13.2 Å². The minimum Gasteiger partial charge on any atom is -0.458 e. The normalized spacial score (nSPS) is 14.0. The van der Waals surface area contributed by atoms with Crippen LogP contribution in [-0.2, 0) is 19.1 Å². The molecule has 19 heavy (non-hydrogen) atoms. The Labute approximate surface area is 116 Å². The highest BCUT2D eigenvalue weighted by Gasteiger charge is 2.17. The van der Waals surface area contributed by atoms with Gasteiger partial charge in [0.25, 0.3) is 0 Å². The van der Waals surface area contributed by atoms with Gasteiger partial charge in [-0.1, -0.05) is 27.7 Å². The van der Waals surface area contributed by atoms with Crippen LogP contribution >= 0.6 is 0 Å². The molecule has 2 unspecified atom stereocenters. The molecule has 0 aliphatic carbocycles. The first-order valence-corrected chi connectivity index (χ1v) is 7.20. The summed E-state index contributed by atoms with van der Waals surface area (Å²) < 4.78 is 9.43. The Kier molecular flexibility index (Phi) is 9.27. The highest BCUT2D eigenvalue weighted by molar-refractivity contribution is 6.29. The number of ether oxygens (including phenoxy) is 2. The minimum atomic E-state index is -0.900. The molecule has 0 bridgehead atoms. The van der Waals surface area contributed by atoms with Crippen LogP contribution in [0.4, 0.5) is 0 Å². The second kappa shape index (κ2) is 9.82. The van der Waals surface area contributed by atoms with E-state index in [2.05, 4.69) is 32.4 Å². The maximum absolute atomic E-state index is 11.2. The molecule has 0 fully saturated rings. The largest absolute Gasteiger partial charge is 0.458 e. The van der Waals surface area contributed by atoms with E-state index in [1.165, 1.54) is 6.42 Å². The summed E-state index contributed by atoms with van der Waals surface area (Å²) in [4.78, 5) is 22.2. The third-order valence-corrected chi connectivity index (χ3v) is 2.96. The van der Waals surface area contributed by atoms with Gasteiger partial charge in [-0.2, -0.15) is 0 Å². The van der Waals surface area contributed by atoms with Gasteiger partial charge in [0, 0.05) is 0 Å². The smallest absolute Gasteiger partial charge is 0.417 e. The molecule has 4 nitrogen and oxygen atoms in total. The van der Waals surface area contributed by atoms with Crippen molar-refractivity contribution in [3.63, 3.8) is 0 Å². The van der Waals surface area contributed by atoms with E-state index in [0.717, 1.165) is 12.8 Å². The molecular formula is C15H28O4. The Morgan fingerprint density at radius 2 is 1.47 bits per heavy atom. The molecule has 2 atom stereocenters. The predicted octanol–water partition coefficient (Wildman–Crippen LogP) is 3.19. The maximum atomic E-state index is 11.2. The average Bonchev–Trinajstić information content (AvgIpc) is 2.27. The first kappa shape index (κ1) is 17.9. The van der Waals surface area contributed by atoms with Crippen molar-refractivity contribution < 1.29 is 19.1 Å². The summed E-state index contributed by atoms with van der Waals surface area (Å²) in [5, 5.41) is 0. The lowest BCUT2D eigenvalue weighted by atomic mass is 9.89. The fourth-order valence-electron chi connectivity index (χ4n) is 2.31. The van der Waals surface area contributed by atoms with Crippen molar-refractivity contribution in [2.45, 2.75) is 53.9 Å². The summed E-state index contributed by atoms with van der Waals surface area (Å²) in [7, 11) is 0. The first-order chi connectivity index (χ1) is 8.86. The zero-order valence-corrected chi connectivity index (χ0v) is 12.9. The zero-order valence-electron chi connectivity index (χ0n) is 12.9. The van der Waals surface area contributed by atoms with Crippen LogP contribution in [0.5, 0.6) is 0 Å². The molecule has 0 N–H and O–H groups in total. The molecule has 0 rings (SSSR count). The summed E-state index contributed by atoms with van der Waals surface area (Å²) in [6.45, 7) is 11.0. The highest BCUT2D eigenvalue weighted by Crippen LogP contribution is 2.21. The Hall–Kier alpha value is -1.06. The highest BCUT2D eigenvalue weighted by atomic mass is 16.6. The van der Waals surface area contributed by atoms with Gasteiger partial charge in [0.2, 0.25) is 0 Å². The summed E-state index contributed by atoms with van der Waals surface area (Å²) in [5.74, 6) is 0.0935. The standard InChI is InChI=1S/C15H28O4/c1-6-18-14(16)15(17)19-8-7-12(4)10-13(5)9-11(2)3/h11-13H,6-10H2,1-5H3. The van der Waals surface area contributed by atoms with Crippen LogP contribution in [0.25, 0.3) is 0 Å². The Balaban J connectivity index is 3.76. The fraction of sp³-hybridized carbons (Fsp3) is 0.867. The Morgan fingerprint density at radius 3 is 2.00 bits per heavy atom. The van der Waals surface area contributed by atoms with Gasteiger partial charge in [-0.25, -0.2) is 9.59 Å². The van der Waals surface area contributed by atoms with Gasteiger partial charge >= 0.3 is 11.9 Å². The third kappa shape index (κ3) is 9.51. The molecule has 4 heteroatoms. The van der Waals surface area contributed by atoms with Crippen LogP contribution in [0.2, 0.25) is 0 Å². The molecule has 0 aromatic carbocycles. The van der Waals surface area contributed by atoms with Crippen molar-refractivity contribution in [2.75, 3.05) is 13.2 Å². The van der Waals surface area contributed by atoms with Gasteiger partial charge in [-0.05, 0) is 43.9 Å². The van der Waals surface area contributed by atoms with E-state index in [4.69, 9.17) is 4.74 Å². The van der Waals surface area contributed by atoms with E-state index in [1.807, 2.05) is 0 Å². The Bertz CT molecular complexity index is 273. The van der Waals surface area contributed by atoms with E-state index in [1.54, 1.807) is 6.92 Å². The molecule has 0 saturated carbocycles. The Morgan fingerprint density at radius 1 is 0.895 bits per heavy atom. The van der Waals surface area contributed by atoms with E-state index in [0.29, 0.717) is 17.8 Å². The summed E-state index contributed by atoms with van der Waals surface area (Å²) >= 11 is 0. The summed E-state index contributed by atoms with van der Waals surface area (Å²) in [6, 6.07) is 0. The second-order valence-corrected chi connectivity index (χ2v) is 5.72. The molecule has 0 aromatic heterocycles. The monoisotopic (exact) mass is 272 g/mol. The van der Waals surface area contributed by atoms with E-state index in [9.17, 15) is 9.59 Å².